The first-order valence-electron chi connectivity index (χ1n) is 4.70. The molecule has 0 aliphatic rings. The maximum atomic E-state index is 13.4. The third-order valence-electron chi connectivity index (χ3n) is 2.04. The van der Waals surface area contributed by atoms with E-state index in [9.17, 15) is 22.5 Å². The summed E-state index contributed by atoms with van der Waals surface area (Å²) in [7, 11) is 1.11. The van der Waals surface area contributed by atoms with Crippen LogP contribution in [0.15, 0.2) is 4.34 Å². The molecule has 0 radical (unpaired) electrons. The summed E-state index contributed by atoms with van der Waals surface area (Å²) in [5.74, 6) is -6.02. The molecule has 0 fully saturated rings. The second-order valence-electron chi connectivity index (χ2n) is 3.23. The molecule has 102 valence electrons. The normalized spacial score (nSPS) is 12.7. The van der Waals surface area contributed by atoms with Gasteiger partial charge in [-0.15, -0.1) is 0 Å². The summed E-state index contributed by atoms with van der Waals surface area (Å²) in [4.78, 5) is 17.7. The quantitative estimate of drug-likeness (QED) is 0.486. The molecule has 0 amide bonds. The number of halogens is 3. The van der Waals surface area contributed by atoms with Gasteiger partial charge in [0.2, 0.25) is 11.6 Å². The minimum Gasteiger partial charge on any atom is -0.609 e. The first-order chi connectivity index (χ1) is 8.93. The molecule has 0 aliphatic carbocycles. The first-order valence-corrected chi connectivity index (χ1v) is 6.83. The minimum atomic E-state index is -1.89. The zero-order chi connectivity index (χ0) is 14.2. The van der Waals surface area contributed by atoms with Gasteiger partial charge in [0, 0.05) is 11.2 Å². The molecule has 1 unspecified atom stereocenters. The van der Waals surface area contributed by atoms with E-state index in [1.807, 2.05) is 0 Å². The van der Waals surface area contributed by atoms with Crippen molar-refractivity contribution in [1.82, 2.24) is 9.97 Å². The summed E-state index contributed by atoms with van der Waals surface area (Å²) in [6.45, 7) is 0. The second-order valence-corrected chi connectivity index (χ2v) is 5.85. The molecule has 0 spiro atoms. The zero-order valence-electron chi connectivity index (χ0n) is 9.28. The molecular formula is C9H5F3N2O3S2. The Balaban J connectivity index is 2.42. The van der Waals surface area contributed by atoms with Gasteiger partial charge >= 0.3 is 10.3 Å². The Bertz CT molecular complexity index is 649. The number of carbonyl (C=O) groups is 1. The number of ether oxygens (including phenoxy) is 1. The van der Waals surface area contributed by atoms with Gasteiger partial charge < -0.3 is 9.29 Å². The summed E-state index contributed by atoms with van der Waals surface area (Å²) >= 11 is -1.34. The van der Waals surface area contributed by atoms with E-state index in [2.05, 4.69) is 14.7 Å². The number of nitrogens with zero attached hydrogens (tertiary/aromatic N) is 2. The van der Waals surface area contributed by atoms with Crippen LogP contribution in [0, 0.1) is 17.6 Å². The standard InChI is InChI=1S/C9H5F3N2O3S2/c1-17-3(15)2-19(16)9-14-8-6(18-9)4(10)5(11)7(12)13-8/h2H2,1H3. The third-order valence-corrected chi connectivity index (χ3v) is 4.66. The largest absolute Gasteiger partial charge is 0.609 e. The Hall–Kier alpha value is -1.39. The highest BCUT2D eigenvalue weighted by Crippen LogP contribution is 2.29. The summed E-state index contributed by atoms with van der Waals surface area (Å²) in [6, 6.07) is 0. The van der Waals surface area contributed by atoms with Crippen LogP contribution in [0.1, 0.15) is 0 Å². The van der Waals surface area contributed by atoms with Crippen molar-refractivity contribution in [2.24, 2.45) is 0 Å². The van der Waals surface area contributed by atoms with Crippen molar-refractivity contribution in [2.75, 3.05) is 12.9 Å². The van der Waals surface area contributed by atoms with Crippen molar-refractivity contribution < 1.29 is 27.3 Å². The molecule has 2 aromatic rings. The van der Waals surface area contributed by atoms with Gasteiger partial charge in [-0.2, -0.15) is 18.7 Å². The Morgan fingerprint density at radius 3 is 2.68 bits per heavy atom. The van der Waals surface area contributed by atoms with Crippen LogP contribution >= 0.6 is 11.3 Å². The zero-order valence-corrected chi connectivity index (χ0v) is 10.9. The molecule has 0 aliphatic heterocycles. The monoisotopic (exact) mass is 310 g/mol. The van der Waals surface area contributed by atoms with Crippen molar-refractivity contribution in [3.05, 3.63) is 17.6 Å². The number of hydrogen-bond acceptors (Lipinski definition) is 6. The molecule has 5 nitrogen and oxygen atoms in total. The number of pyridine rings is 1. The van der Waals surface area contributed by atoms with E-state index in [0.717, 1.165) is 7.11 Å². The predicted molar refractivity (Wildman–Crippen MR) is 60.6 cm³/mol. The van der Waals surface area contributed by atoms with Gasteiger partial charge in [0.15, 0.2) is 11.5 Å². The number of thiazole rings is 1. The number of rotatable bonds is 3. The average molecular weight is 310 g/mol. The molecule has 10 heteroatoms. The van der Waals surface area contributed by atoms with Crippen LogP contribution < -0.4 is 0 Å². The van der Waals surface area contributed by atoms with Crippen LogP contribution in [0.25, 0.3) is 10.3 Å². The predicted octanol–water partition coefficient (Wildman–Crippen LogP) is 1.39. The van der Waals surface area contributed by atoms with E-state index in [1.165, 1.54) is 0 Å². The van der Waals surface area contributed by atoms with Crippen LogP contribution in [0.2, 0.25) is 0 Å². The molecule has 2 heterocycles. The lowest BCUT2D eigenvalue weighted by Gasteiger charge is -2.03. The van der Waals surface area contributed by atoms with E-state index in [4.69, 9.17) is 0 Å². The highest BCUT2D eigenvalue weighted by atomic mass is 32.2. The summed E-state index contributed by atoms with van der Waals surface area (Å²) in [5, 5.41) is 0. The molecule has 1 atom stereocenters. The van der Waals surface area contributed by atoms with Gasteiger partial charge in [-0.1, -0.05) is 11.3 Å². The van der Waals surface area contributed by atoms with Crippen LogP contribution in [0.4, 0.5) is 13.2 Å². The van der Waals surface area contributed by atoms with Crippen molar-refractivity contribution in [1.29, 1.82) is 0 Å². The van der Waals surface area contributed by atoms with Crippen molar-refractivity contribution in [3.8, 4) is 0 Å². The maximum Gasteiger partial charge on any atom is 0.356 e. The topological polar surface area (TPSA) is 75.1 Å². The molecule has 0 saturated carbocycles. The minimum absolute atomic E-state index is 0.156. The Morgan fingerprint density at radius 1 is 1.37 bits per heavy atom. The molecule has 0 bridgehead atoms. The number of methoxy groups -OCH3 is 1. The number of carbonyl (C=O) groups excluding carboxylic acids is 1. The molecule has 0 N–H and O–H groups in total. The fourth-order valence-corrected chi connectivity index (χ4v) is 3.28. The van der Waals surface area contributed by atoms with E-state index in [-0.39, 0.29) is 9.04 Å². The third kappa shape index (κ3) is 2.65. The molecule has 2 rings (SSSR count). The molecule has 0 aromatic carbocycles. The van der Waals surface area contributed by atoms with E-state index in [0.29, 0.717) is 11.3 Å². The highest BCUT2D eigenvalue weighted by molar-refractivity contribution is 7.94. The Labute approximate surface area is 111 Å². The van der Waals surface area contributed by atoms with E-state index >= 15 is 0 Å². The Kier molecular flexibility index (Phi) is 3.92. The lowest BCUT2D eigenvalue weighted by atomic mass is 10.4. The smallest absolute Gasteiger partial charge is 0.356 e. The van der Waals surface area contributed by atoms with Crippen LogP contribution in [0.3, 0.4) is 0 Å². The number of hydrogen-bond donors (Lipinski definition) is 0. The van der Waals surface area contributed by atoms with E-state index < -0.39 is 46.1 Å². The summed E-state index contributed by atoms with van der Waals surface area (Å²) in [5.41, 5.74) is -0.394. The number of fused-ring (bicyclic) bond motifs is 1. The molecular weight excluding hydrogens is 305 g/mol. The van der Waals surface area contributed by atoms with Gasteiger partial charge in [0.1, 0.15) is 4.70 Å². The van der Waals surface area contributed by atoms with Crippen LogP contribution in [-0.4, -0.2) is 33.4 Å². The van der Waals surface area contributed by atoms with Crippen molar-refractivity contribution in [3.63, 3.8) is 0 Å². The van der Waals surface area contributed by atoms with Crippen LogP contribution in [0.5, 0.6) is 0 Å². The number of esters is 1. The lowest BCUT2D eigenvalue weighted by Crippen LogP contribution is -2.17. The Morgan fingerprint density at radius 2 is 2.05 bits per heavy atom. The van der Waals surface area contributed by atoms with Gasteiger partial charge in [-0.05, 0) is 0 Å². The van der Waals surface area contributed by atoms with Crippen molar-refractivity contribution in [2.45, 2.75) is 4.34 Å². The van der Waals surface area contributed by atoms with Crippen molar-refractivity contribution >= 4 is 38.8 Å². The maximum absolute atomic E-state index is 13.4. The van der Waals surface area contributed by atoms with Crippen LogP contribution in [-0.2, 0) is 20.7 Å². The molecule has 2 aromatic heterocycles. The molecule has 0 saturated heterocycles. The lowest BCUT2D eigenvalue weighted by molar-refractivity contribution is -0.137. The van der Waals surface area contributed by atoms with Gasteiger partial charge in [-0.25, -0.2) is 9.18 Å². The second kappa shape index (κ2) is 5.31. The first kappa shape index (κ1) is 14.0. The highest BCUT2D eigenvalue weighted by Gasteiger charge is 2.25. The summed E-state index contributed by atoms with van der Waals surface area (Å²) < 4.78 is 54.7. The SMILES string of the molecule is COC(=O)C[S+]([O-])c1nc2nc(F)c(F)c(F)c2s1. The van der Waals surface area contributed by atoms with Gasteiger partial charge in [-0.3, -0.25) is 0 Å². The molecule has 19 heavy (non-hydrogen) atoms. The number of aromatic nitrogens is 2. The average Bonchev–Trinajstić information content (AvgIpc) is 2.80. The fourth-order valence-electron chi connectivity index (χ4n) is 1.17. The summed E-state index contributed by atoms with van der Waals surface area (Å²) in [6.07, 6.45) is 0. The van der Waals surface area contributed by atoms with Gasteiger partial charge in [0.25, 0.3) is 5.95 Å². The van der Waals surface area contributed by atoms with E-state index in [1.54, 1.807) is 0 Å². The van der Waals surface area contributed by atoms with Gasteiger partial charge in [0.05, 0.1) is 7.11 Å². The fraction of sp³-hybridized carbons (Fsp3) is 0.222.